The van der Waals surface area contributed by atoms with Crippen LogP contribution in [0.15, 0.2) is 35.9 Å². The molecule has 2 aliphatic heterocycles. The Kier molecular flexibility index (Phi) is 8.77. The highest BCUT2D eigenvalue weighted by atomic mass is 16.7. The van der Waals surface area contributed by atoms with Crippen LogP contribution in [0, 0.1) is 46.8 Å². The number of nitrogens with one attached hydrogen (secondary N) is 1. The quantitative estimate of drug-likeness (QED) is 0.251. The summed E-state index contributed by atoms with van der Waals surface area (Å²) < 4.78 is 19.0. The summed E-state index contributed by atoms with van der Waals surface area (Å²) in [5, 5.41) is 12.7. The number of allylic oxidation sites excluding steroid dienone is 1. The van der Waals surface area contributed by atoms with E-state index in [0.717, 1.165) is 31.2 Å². The molecule has 9 heteroatoms. The Bertz CT molecular complexity index is 1280. The van der Waals surface area contributed by atoms with Crippen LogP contribution in [0.25, 0.3) is 0 Å². The van der Waals surface area contributed by atoms with Crippen molar-refractivity contribution in [3.63, 3.8) is 0 Å². The van der Waals surface area contributed by atoms with Crippen LogP contribution in [0.5, 0.6) is 0 Å². The Balaban J connectivity index is 1.22. The highest BCUT2D eigenvalue weighted by Gasteiger charge is 2.68. The van der Waals surface area contributed by atoms with Gasteiger partial charge < -0.3 is 24.3 Å². The van der Waals surface area contributed by atoms with E-state index in [2.05, 4.69) is 63.3 Å². The van der Waals surface area contributed by atoms with Gasteiger partial charge in [-0.3, -0.25) is 4.79 Å². The van der Waals surface area contributed by atoms with E-state index in [4.69, 9.17) is 14.0 Å². The maximum Gasteiger partial charge on any atom is 0.482 e. The molecule has 0 unspecified atom stereocenters. The number of nitrogens with zero attached hydrogens (tertiary/aromatic N) is 2. The lowest BCUT2D eigenvalue weighted by Crippen LogP contribution is -2.65. The van der Waals surface area contributed by atoms with Gasteiger partial charge in [0.05, 0.1) is 24.3 Å². The third-order valence-corrected chi connectivity index (χ3v) is 10.4. The maximum atomic E-state index is 13.2. The molecule has 3 saturated carbocycles. The van der Waals surface area contributed by atoms with Crippen molar-refractivity contribution in [3.8, 4) is 6.07 Å². The summed E-state index contributed by atoms with van der Waals surface area (Å²) in [5.74, 6) is 0.404. The molecule has 0 radical (unpaired) electrons. The van der Waals surface area contributed by atoms with Crippen LogP contribution in [0.2, 0.25) is 0 Å². The van der Waals surface area contributed by atoms with Crippen LogP contribution in [0.3, 0.4) is 0 Å². The molecule has 232 valence electrons. The first-order valence-corrected chi connectivity index (χ1v) is 15.9. The van der Waals surface area contributed by atoms with Crippen molar-refractivity contribution in [1.29, 1.82) is 5.26 Å². The molecule has 6 rings (SSSR count). The Morgan fingerprint density at radius 2 is 1.95 bits per heavy atom. The molecular weight excluding hydrogens is 541 g/mol. The highest BCUT2D eigenvalue weighted by Crippen LogP contribution is 2.65. The monoisotopic (exact) mass is 589 g/mol. The van der Waals surface area contributed by atoms with Gasteiger partial charge in [-0.15, -0.1) is 0 Å². The Hall–Kier alpha value is -2.83. The predicted molar refractivity (Wildman–Crippen MR) is 166 cm³/mol. The number of carbonyl (C=O) groups excluding carboxylic acids is 2. The van der Waals surface area contributed by atoms with E-state index in [1.54, 1.807) is 11.0 Å². The fourth-order valence-electron chi connectivity index (χ4n) is 7.78. The average molecular weight is 590 g/mol. The van der Waals surface area contributed by atoms with E-state index < -0.39 is 19.2 Å². The lowest BCUT2D eigenvalue weighted by molar-refractivity contribution is -0.199. The van der Waals surface area contributed by atoms with E-state index in [0.29, 0.717) is 31.3 Å². The molecule has 2 amide bonds. The normalized spacial score (nSPS) is 30.5. The third-order valence-electron chi connectivity index (χ3n) is 10.4. The number of alkyl carbamates (subject to hydrolysis) is 1. The van der Waals surface area contributed by atoms with Gasteiger partial charge in [0.25, 0.3) is 5.91 Å². The molecule has 2 saturated heterocycles. The van der Waals surface area contributed by atoms with Crippen molar-refractivity contribution < 1.29 is 23.6 Å². The number of ether oxygens (including phenoxy) is 1. The number of aryl methyl sites for hydroxylation is 1. The molecular formula is C34H48BN3O5. The summed E-state index contributed by atoms with van der Waals surface area (Å²) in [4.78, 5) is 28.0. The van der Waals surface area contributed by atoms with Crippen molar-refractivity contribution in [2.24, 2.45) is 28.6 Å². The van der Waals surface area contributed by atoms with Crippen molar-refractivity contribution in [1.82, 2.24) is 10.2 Å². The number of amides is 2. The van der Waals surface area contributed by atoms with Gasteiger partial charge in [0.2, 0.25) is 0 Å². The smallest absolute Gasteiger partial charge is 0.449 e. The number of nitriles is 1. The van der Waals surface area contributed by atoms with Crippen LogP contribution in [-0.2, 0) is 25.3 Å². The molecule has 1 aromatic carbocycles. The summed E-state index contributed by atoms with van der Waals surface area (Å²) >= 11 is 0. The third kappa shape index (κ3) is 6.66. The van der Waals surface area contributed by atoms with Crippen LogP contribution in [-0.4, -0.2) is 61.4 Å². The topological polar surface area (TPSA) is 101 Å². The zero-order chi connectivity index (χ0) is 31.2. The summed E-state index contributed by atoms with van der Waals surface area (Å²) in [6, 6.07) is 10.4. The van der Waals surface area contributed by atoms with Gasteiger partial charge in [-0.05, 0) is 74.2 Å². The zero-order valence-electron chi connectivity index (χ0n) is 26.9. The van der Waals surface area contributed by atoms with Crippen LogP contribution < -0.4 is 5.32 Å². The number of piperidine rings is 1. The first-order valence-electron chi connectivity index (χ1n) is 15.9. The van der Waals surface area contributed by atoms with Crippen LogP contribution >= 0.6 is 0 Å². The minimum absolute atomic E-state index is 0.00312. The fourth-order valence-corrected chi connectivity index (χ4v) is 7.78. The van der Waals surface area contributed by atoms with Gasteiger partial charge in [0, 0.05) is 19.0 Å². The number of benzene rings is 1. The number of hydrogen-bond donors (Lipinski definition) is 1. The second kappa shape index (κ2) is 11.9. The molecule has 1 aromatic rings. The van der Waals surface area contributed by atoms with Crippen molar-refractivity contribution >= 4 is 19.1 Å². The number of carbonyl (C=O) groups is 2. The Morgan fingerprint density at radius 3 is 2.60 bits per heavy atom. The summed E-state index contributed by atoms with van der Waals surface area (Å²) in [6.07, 6.45) is 5.58. The minimum Gasteiger partial charge on any atom is -0.449 e. The van der Waals surface area contributed by atoms with Gasteiger partial charge in [-0.2, -0.15) is 5.26 Å². The molecule has 43 heavy (non-hydrogen) atoms. The maximum absolute atomic E-state index is 13.2. The minimum atomic E-state index is -0.569. The van der Waals surface area contributed by atoms with Gasteiger partial charge in [0.15, 0.2) is 0 Å². The standard InChI is InChI=1S/C34H48BN3O5/c1-22-10-12-23(13-11-22)15-29(35-42-28-17-26-16-27(33(26,5)6)34(28,7)43-35)37-31(40)41-21-24-9-8-14-38(20-24)30(39)25(19-36)18-32(2,3)4/h10-13,18,24,26-29H,8-9,14-17,20-21H2,1-7H3,(H,37,40)/b25-18+/t24-,26-,27-,28+,29-,34-/m0/s1. The molecule has 5 aliphatic rings. The SMILES string of the molecule is Cc1ccc(C[C@H](NC(=O)OC[C@H]2CCCN(C(=O)/C(C#N)=C/C(C)(C)C)C2)B2O[C@@H]3C[C@@H]4C[C@@H](C4(C)C)[C@]3(C)O2)cc1. The number of hydrogen-bond acceptors (Lipinski definition) is 6. The fraction of sp³-hybridized carbons (Fsp3) is 0.676. The van der Waals surface area contributed by atoms with Gasteiger partial charge >= 0.3 is 13.2 Å². The van der Waals surface area contributed by atoms with E-state index in [9.17, 15) is 14.9 Å². The van der Waals surface area contributed by atoms with E-state index in [-0.39, 0.29) is 46.5 Å². The van der Waals surface area contributed by atoms with E-state index in [1.807, 2.05) is 20.8 Å². The van der Waals surface area contributed by atoms with Crippen LogP contribution in [0.1, 0.15) is 78.4 Å². The lowest BCUT2D eigenvalue weighted by atomic mass is 9.43. The van der Waals surface area contributed by atoms with E-state index in [1.165, 1.54) is 5.56 Å². The summed E-state index contributed by atoms with van der Waals surface area (Å²) in [5.41, 5.74) is 2.02. The first-order chi connectivity index (χ1) is 20.2. The Labute approximate surface area is 257 Å². The second-order valence-electron chi connectivity index (χ2n) is 15.2. The zero-order valence-corrected chi connectivity index (χ0v) is 26.9. The highest BCUT2D eigenvalue weighted by molar-refractivity contribution is 6.47. The molecule has 8 nitrogen and oxygen atoms in total. The van der Waals surface area contributed by atoms with Gasteiger partial charge in [-0.1, -0.05) is 70.5 Å². The predicted octanol–water partition coefficient (Wildman–Crippen LogP) is 5.63. The number of rotatable bonds is 7. The summed E-state index contributed by atoms with van der Waals surface area (Å²) in [6.45, 7) is 16.1. The molecule has 3 aliphatic carbocycles. The average Bonchev–Trinajstić information content (AvgIpc) is 3.32. The van der Waals surface area contributed by atoms with Crippen molar-refractivity contribution in [2.45, 2.75) is 98.2 Å². The Morgan fingerprint density at radius 1 is 1.23 bits per heavy atom. The van der Waals surface area contributed by atoms with Crippen LogP contribution in [0.4, 0.5) is 4.79 Å². The molecule has 0 spiro atoms. The van der Waals surface area contributed by atoms with Crippen molar-refractivity contribution in [2.75, 3.05) is 19.7 Å². The van der Waals surface area contributed by atoms with E-state index >= 15 is 0 Å². The first kappa shape index (κ1) is 31.6. The molecule has 0 aromatic heterocycles. The van der Waals surface area contributed by atoms with Gasteiger partial charge in [0.1, 0.15) is 11.6 Å². The molecule has 2 bridgehead atoms. The second-order valence-corrected chi connectivity index (χ2v) is 15.2. The van der Waals surface area contributed by atoms with Gasteiger partial charge in [-0.25, -0.2) is 4.79 Å². The largest absolute Gasteiger partial charge is 0.482 e. The van der Waals surface area contributed by atoms with Crippen molar-refractivity contribution in [3.05, 3.63) is 47.0 Å². The molecule has 1 N–H and O–H groups in total. The number of likely N-dealkylation sites (tertiary alicyclic amines) is 1. The summed E-state index contributed by atoms with van der Waals surface area (Å²) in [7, 11) is -0.569. The molecule has 6 atom stereocenters. The molecule has 5 fully saturated rings. The lowest BCUT2D eigenvalue weighted by Gasteiger charge is -2.64. The molecule has 2 heterocycles.